The second-order valence-electron chi connectivity index (χ2n) is 13.6. The number of nitrogens with one attached hydrogen (secondary N) is 1. The maximum Gasteiger partial charge on any atom is 0.410 e. The molecule has 1 saturated carbocycles. The number of carbonyl (C=O) groups excluding carboxylic acids is 4. The van der Waals surface area contributed by atoms with Crippen LogP contribution in [0, 0.1) is 11.3 Å². The zero-order valence-corrected chi connectivity index (χ0v) is 25.8. The molecule has 11 heteroatoms. The van der Waals surface area contributed by atoms with Crippen LogP contribution in [0.1, 0.15) is 83.3 Å². The minimum absolute atomic E-state index is 0.0301. The van der Waals surface area contributed by atoms with Gasteiger partial charge in [0.05, 0.1) is 18.0 Å². The van der Waals surface area contributed by atoms with Crippen LogP contribution in [-0.2, 0) is 36.9 Å². The minimum Gasteiger partial charge on any atom is -0.481 e. The van der Waals surface area contributed by atoms with E-state index in [2.05, 4.69) is 5.32 Å². The van der Waals surface area contributed by atoms with Gasteiger partial charge in [-0.1, -0.05) is 49.3 Å². The van der Waals surface area contributed by atoms with Crippen molar-refractivity contribution in [1.29, 1.82) is 0 Å². The molecule has 44 heavy (non-hydrogen) atoms. The minimum atomic E-state index is -1.20. The van der Waals surface area contributed by atoms with Crippen LogP contribution in [0.4, 0.5) is 9.59 Å². The summed E-state index contributed by atoms with van der Waals surface area (Å²) in [6.45, 7) is 5.98. The maximum atomic E-state index is 14.1. The molecule has 238 valence electrons. The van der Waals surface area contributed by atoms with Gasteiger partial charge in [-0.2, -0.15) is 0 Å². The molecule has 1 aromatic rings. The van der Waals surface area contributed by atoms with Crippen LogP contribution in [0.3, 0.4) is 0 Å². The lowest BCUT2D eigenvalue weighted by atomic mass is 9.92. The number of benzene rings is 1. The highest BCUT2D eigenvalue weighted by Gasteiger charge is 2.61. The van der Waals surface area contributed by atoms with E-state index in [4.69, 9.17) is 9.47 Å². The van der Waals surface area contributed by atoms with E-state index < -0.39 is 53.3 Å². The first-order valence-electron chi connectivity index (χ1n) is 15.6. The molecule has 2 fully saturated rings. The highest BCUT2D eigenvalue weighted by Crippen LogP contribution is 2.57. The molecule has 3 heterocycles. The molecule has 0 radical (unpaired) electrons. The monoisotopic (exact) mass is 609 g/mol. The van der Waals surface area contributed by atoms with Crippen molar-refractivity contribution in [2.24, 2.45) is 11.3 Å². The Labute approximate surface area is 257 Å². The van der Waals surface area contributed by atoms with E-state index >= 15 is 0 Å². The summed E-state index contributed by atoms with van der Waals surface area (Å²) in [6, 6.07) is 5.82. The number of amides is 3. The lowest BCUT2D eigenvalue weighted by molar-refractivity contribution is -0.147. The predicted octanol–water partition coefficient (Wildman–Crippen LogP) is 4.57. The summed E-state index contributed by atoms with van der Waals surface area (Å²) in [4.78, 5) is 69.1. The van der Waals surface area contributed by atoms with E-state index in [0.717, 1.165) is 30.4 Å². The number of Topliss-reactive ketones (excluding diaryl/α,β-unsaturated/α-hetero) is 1. The largest absolute Gasteiger partial charge is 0.481 e. The standard InChI is InChI=1S/C33H43N3O8/c1-32(2,3)44-30(41)34-25-14-8-6-4-5-7-13-23-16-33(23,29(39)40)17-27(37)26-15-24(20-36(26)28(25)38)43-31(42)35-18-21-11-9-10-12-22(21)19-35/h7,9-13,23-26H,4-6,8,14-20H2,1-3H3,(H,34,41)(H,39,40)/b13-7-/t23-,24-,25+,26+,33-/m1/s1. The van der Waals surface area contributed by atoms with Gasteiger partial charge in [-0.15, -0.1) is 0 Å². The molecule has 0 unspecified atom stereocenters. The summed E-state index contributed by atoms with van der Waals surface area (Å²) in [5, 5.41) is 12.8. The van der Waals surface area contributed by atoms with E-state index in [0.29, 0.717) is 32.4 Å². The van der Waals surface area contributed by atoms with Gasteiger partial charge in [0.2, 0.25) is 5.91 Å². The molecule has 1 aliphatic carbocycles. The third kappa shape index (κ3) is 7.08. The third-order valence-electron chi connectivity index (χ3n) is 9.05. The van der Waals surface area contributed by atoms with E-state index in [1.807, 2.05) is 36.4 Å². The van der Waals surface area contributed by atoms with Crippen molar-refractivity contribution in [1.82, 2.24) is 15.1 Å². The first-order chi connectivity index (χ1) is 20.9. The Balaban J connectivity index is 1.37. The Hall–Kier alpha value is -3.89. The van der Waals surface area contributed by atoms with Gasteiger partial charge in [0.25, 0.3) is 0 Å². The van der Waals surface area contributed by atoms with Crippen molar-refractivity contribution >= 4 is 29.8 Å². The van der Waals surface area contributed by atoms with Crippen molar-refractivity contribution in [3.8, 4) is 0 Å². The highest BCUT2D eigenvalue weighted by atomic mass is 16.6. The molecule has 5 atom stereocenters. The van der Waals surface area contributed by atoms with Crippen LogP contribution < -0.4 is 5.32 Å². The zero-order chi connectivity index (χ0) is 31.6. The molecule has 1 aromatic carbocycles. The fourth-order valence-corrected chi connectivity index (χ4v) is 6.61. The number of ether oxygens (including phenoxy) is 2. The van der Waals surface area contributed by atoms with Crippen LogP contribution in [0.5, 0.6) is 0 Å². The normalized spacial score (nSPS) is 29.8. The Morgan fingerprint density at radius 3 is 2.41 bits per heavy atom. The zero-order valence-electron chi connectivity index (χ0n) is 25.8. The number of allylic oxidation sites excluding steroid dienone is 2. The van der Waals surface area contributed by atoms with Crippen LogP contribution in [0.2, 0.25) is 0 Å². The quantitative estimate of drug-likeness (QED) is 0.475. The van der Waals surface area contributed by atoms with Gasteiger partial charge in [0, 0.05) is 25.9 Å². The third-order valence-corrected chi connectivity index (χ3v) is 9.05. The molecular formula is C33H43N3O8. The SMILES string of the molecule is CC(C)(C)OC(=O)N[C@H]1CCCCC/C=C\[C@@H]2C[C@@]2(C(=O)O)CC(=O)[C@@H]2C[C@@H](OC(=O)N3Cc4ccccc4C3)CN2C1=O. The number of ketones is 1. The summed E-state index contributed by atoms with van der Waals surface area (Å²) in [5.41, 5.74) is 0.104. The number of rotatable bonds is 3. The molecular weight excluding hydrogens is 566 g/mol. The average Bonchev–Trinajstić information content (AvgIpc) is 3.27. The molecule has 0 aromatic heterocycles. The van der Waals surface area contributed by atoms with Gasteiger partial charge in [0.15, 0.2) is 5.78 Å². The molecule has 0 spiro atoms. The second kappa shape index (κ2) is 12.6. The van der Waals surface area contributed by atoms with E-state index in [1.165, 1.54) is 4.90 Å². The summed E-state index contributed by atoms with van der Waals surface area (Å²) in [7, 11) is 0. The number of carboxylic acid groups (broad SMARTS) is 1. The van der Waals surface area contributed by atoms with E-state index in [1.54, 1.807) is 25.7 Å². The van der Waals surface area contributed by atoms with Gasteiger partial charge >= 0.3 is 18.2 Å². The van der Waals surface area contributed by atoms with Gasteiger partial charge < -0.3 is 24.8 Å². The lowest BCUT2D eigenvalue weighted by Crippen LogP contribution is -2.52. The van der Waals surface area contributed by atoms with Crippen LogP contribution in [0.15, 0.2) is 36.4 Å². The smallest absolute Gasteiger partial charge is 0.410 e. The fraction of sp³-hybridized carbons (Fsp3) is 0.606. The first kappa shape index (κ1) is 31.5. The Morgan fingerprint density at radius 2 is 1.75 bits per heavy atom. The van der Waals surface area contributed by atoms with Crippen LogP contribution >= 0.6 is 0 Å². The number of carbonyl (C=O) groups is 5. The van der Waals surface area contributed by atoms with Gasteiger partial charge in [-0.05, 0) is 63.5 Å². The van der Waals surface area contributed by atoms with Crippen molar-refractivity contribution < 1.29 is 38.6 Å². The van der Waals surface area contributed by atoms with Gasteiger partial charge in [0.1, 0.15) is 17.7 Å². The van der Waals surface area contributed by atoms with Crippen molar-refractivity contribution in [2.75, 3.05) is 6.54 Å². The summed E-state index contributed by atoms with van der Waals surface area (Å²) >= 11 is 0. The fourth-order valence-electron chi connectivity index (χ4n) is 6.61. The number of hydrogen-bond donors (Lipinski definition) is 2. The van der Waals surface area contributed by atoms with Crippen molar-refractivity contribution in [3.05, 3.63) is 47.5 Å². The van der Waals surface area contributed by atoms with Crippen molar-refractivity contribution in [2.45, 2.75) is 109 Å². The number of carboxylic acids is 1. The van der Waals surface area contributed by atoms with Crippen molar-refractivity contribution in [3.63, 3.8) is 0 Å². The highest BCUT2D eigenvalue weighted by molar-refractivity contribution is 5.96. The predicted molar refractivity (Wildman–Crippen MR) is 159 cm³/mol. The maximum absolute atomic E-state index is 14.1. The molecule has 5 rings (SSSR count). The summed E-state index contributed by atoms with van der Waals surface area (Å²) in [5.74, 6) is -2.12. The van der Waals surface area contributed by atoms with E-state index in [9.17, 15) is 29.1 Å². The Kier molecular flexibility index (Phi) is 9.04. The summed E-state index contributed by atoms with van der Waals surface area (Å²) in [6.07, 6.45) is 5.47. The molecule has 4 aliphatic rings. The van der Waals surface area contributed by atoms with Gasteiger partial charge in [-0.3, -0.25) is 19.3 Å². The Bertz CT molecular complexity index is 1310. The molecule has 2 N–H and O–H groups in total. The summed E-state index contributed by atoms with van der Waals surface area (Å²) < 4.78 is 11.3. The number of alkyl carbamates (subject to hydrolysis) is 1. The van der Waals surface area contributed by atoms with Crippen LogP contribution in [-0.4, -0.2) is 75.1 Å². The topological polar surface area (TPSA) is 143 Å². The second-order valence-corrected chi connectivity index (χ2v) is 13.6. The first-order valence-corrected chi connectivity index (χ1v) is 15.6. The number of nitrogens with zero attached hydrogens (tertiary/aromatic N) is 2. The van der Waals surface area contributed by atoms with E-state index in [-0.39, 0.29) is 31.1 Å². The van der Waals surface area contributed by atoms with Gasteiger partial charge in [-0.25, -0.2) is 9.59 Å². The average molecular weight is 610 g/mol. The molecule has 0 bridgehead atoms. The molecule has 1 saturated heterocycles. The Morgan fingerprint density at radius 1 is 1.05 bits per heavy atom. The molecule has 3 amide bonds. The number of aliphatic carboxylic acids is 1. The number of fused-ring (bicyclic) bond motifs is 3. The lowest BCUT2D eigenvalue weighted by Gasteiger charge is -2.30. The molecule has 3 aliphatic heterocycles. The number of hydrogen-bond acceptors (Lipinski definition) is 7. The molecule has 11 nitrogen and oxygen atoms in total. The van der Waals surface area contributed by atoms with Crippen LogP contribution in [0.25, 0.3) is 0 Å².